The number of alkyl halides is 1. The molecule has 2 heterocycles. The number of halogens is 1. The average molecular weight is 301 g/mol. The summed E-state index contributed by atoms with van der Waals surface area (Å²) >= 11 is 3.49. The van der Waals surface area contributed by atoms with Crippen molar-refractivity contribution in [2.45, 2.75) is 26.7 Å². The van der Waals surface area contributed by atoms with Crippen molar-refractivity contribution in [3.63, 3.8) is 0 Å². The third-order valence-corrected chi connectivity index (χ3v) is 4.04. The molecule has 0 bridgehead atoms. The second-order valence-electron chi connectivity index (χ2n) is 4.56. The lowest BCUT2D eigenvalue weighted by Gasteiger charge is -2.31. The van der Waals surface area contributed by atoms with Crippen LogP contribution in [0.25, 0.3) is 0 Å². The standard InChI is InChI=1S/C12H17BrN2O2/c1-8-11(17-9(2)14-8)12(16)15-5-3-4-10(6-13)7-15/h10H,3-7H2,1-2H3. The van der Waals surface area contributed by atoms with Gasteiger partial charge in [-0.05, 0) is 25.7 Å². The van der Waals surface area contributed by atoms with Crippen LogP contribution in [-0.4, -0.2) is 34.2 Å². The van der Waals surface area contributed by atoms with Gasteiger partial charge in [-0.15, -0.1) is 0 Å². The first-order chi connectivity index (χ1) is 8.11. The topological polar surface area (TPSA) is 46.3 Å². The van der Waals surface area contributed by atoms with Crippen LogP contribution in [0.2, 0.25) is 0 Å². The Morgan fingerprint density at radius 2 is 2.35 bits per heavy atom. The largest absolute Gasteiger partial charge is 0.436 e. The number of carbonyl (C=O) groups excluding carboxylic acids is 1. The van der Waals surface area contributed by atoms with Crippen molar-refractivity contribution in [1.82, 2.24) is 9.88 Å². The molecule has 0 N–H and O–H groups in total. The molecule has 1 amide bonds. The van der Waals surface area contributed by atoms with Crippen molar-refractivity contribution in [3.05, 3.63) is 17.3 Å². The molecular weight excluding hydrogens is 284 g/mol. The molecule has 4 nitrogen and oxygen atoms in total. The van der Waals surface area contributed by atoms with E-state index >= 15 is 0 Å². The van der Waals surface area contributed by atoms with Crippen molar-refractivity contribution in [2.75, 3.05) is 18.4 Å². The summed E-state index contributed by atoms with van der Waals surface area (Å²) in [6, 6.07) is 0. The smallest absolute Gasteiger partial charge is 0.291 e. The summed E-state index contributed by atoms with van der Waals surface area (Å²) in [5, 5.41) is 0.950. The molecule has 0 radical (unpaired) electrons. The van der Waals surface area contributed by atoms with E-state index in [0.717, 1.165) is 24.8 Å². The van der Waals surface area contributed by atoms with Gasteiger partial charge in [0.15, 0.2) is 5.89 Å². The Bertz CT molecular complexity index is 417. The third kappa shape index (κ3) is 2.70. The van der Waals surface area contributed by atoms with Gasteiger partial charge in [-0.3, -0.25) is 4.79 Å². The third-order valence-electron chi connectivity index (χ3n) is 3.12. The SMILES string of the molecule is Cc1nc(C)c(C(=O)N2CCCC(CBr)C2)o1. The molecule has 0 aliphatic carbocycles. The number of aromatic nitrogens is 1. The normalized spacial score (nSPS) is 20.6. The van der Waals surface area contributed by atoms with Gasteiger partial charge >= 0.3 is 0 Å². The van der Waals surface area contributed by atoms with E-state index in [4.69, 9.17) is 4.42 Å². The number of carbonyl (C=O) groups is 1. The monoisotopic (exact) mass is 300 g/mol. The number of amides is 1. The Morgan fingerprint density at radius 1 is 1.59 bits per heavy atom. The molecule has 1 aromatic heterocycles. The summed E-state index contributed by atoms with van der Waals surface area (Å²) < 4.78 is 5.38. The van der Waals surface area contributed by atoms with Crippen molar-refractivity contribution in [1.29, 1.82) is 0 Å². The molecule has 1 aliphatic rings. The first kappa shape index (κ1) is 12.6. The lowest BCUT2D eigenvalue weighted by Crippen LogP contribution is -2.40. The zero-order valence-electron chi connectivity index (χ0n) is 10.2. The molecule has 1 atom stereocenters. The molecule has 0 saturated carbocycles. The zero-order chi connectivity index (χ0) is 12.4. The van der Waals surface area contributed by atoms with Crippen molar-refractivity contribution in [3.8, 4) is 0 Å². The minimum atomic E-state index is -0.0197. The molecule has 17 heavy (non-hydrogen) atoms. The fourth-order valence-electron chi connectivity index (χ4n) is 2.25. The molecule has 0 aromatic carbocycles. The second kappa shape index (κ2) is 5.21. The van der Waals surface area contributed by atoms with Gasteiger partial charge in [-0.2, -0.15) is 0 Å². The number of hydrogen-bond donors (Lipinski definition) is 0. The summed E-state index contributed by atoms with van der Waals surface area (Å²) in [6.45, 7) is 5.21. The van der Waals surface area contributed by atoms with Gasteiger partial charge < -0.3 is 9.32 Å². The van der Waals surface area contributed by atoms with Crippen LogP contribution in [0.5, 0.6) is 0 Å². The molecular formula is C12H17BrN2O2. The van der Waals surface area contributed by atoms with Crippen LogP contribution in [0, 0.1) is 19.8 Å². The number of nitrogens with zero attached hydrogens (tertiary/aromatic N) is 2. The Labute approximate surface area is 110 Å². The molecule has 94 valence electrons. The van der Waals surface area contributed by atoms with E-state index in [1.54, 1.807) is 6.92 Å². The second-order valence-corrected chi connectivity index (χ2v) is 5.21. The molecule has 1 fully saturated rings. The van der Waals surface area contributed by atoms with Crippen LogP contribution in [-0.2, 0) is 0 Å². The highest BCUT2D eigenvalue weighted by Crippen LogP contribution is 2.21. The van der Waals surface area contributed by atoms with Gasteiger partial charge in [0.25, 0.3) is 5.91 Å². The Balaban J connectivity index is 2.12. The number of rotatable bonds is 2. The van der Waals surface area contributed by atoms with Crippen LogP contribution in [0.1, 0.15) is 35.0 Å². The number of oxazole rings is 1. The van der Waals surface area contributed by atoms with E-state index in [-0.39, 0.29) is 5.91 Å². The quantitative estimate of drug-likeness (QED) is 0.789. The van der Waals surface area contributed by atoms with Gasteiger partial charge in [-0.25, -0.2) is 4.98 Å². The van der Waals surface area contributed by atoms with E-state index in [1.165, 1.54) is 6.42 Å². The maximum atomic E-state index is 12.3. The van der Waals surface area contributed by atoms with Gasteiger partial charge in [0, 0.05) is 25.3 Å². The van der Waals surface area contributed by atoms with Crippen LogP contribution >= 0.6 is 15.9 Å². The maximum absolute atomic E-state index is 12.3. The van der Waals surface area contributed by atoms with Crippen LogP contribution in [0.15, 0.2) is 4.42 Å². The van der Waals surface area contributed by atoms with Gasteiger partial charge in [0.1, 0.15) is 0 Å². The predicted octanol–water partition coefficient (Wildman–Crippen LogP) is 2.54. The molecule has 1 aliphatic heterocycles. The molecule has 1 aromatic rings. The number of hydrogen-bond acceptors (Lipinski definition) is 3. The number of likely N-dealkylation sites (tertiary alicyclic amines) is 1. The van der Waals surface area contributed by atoms with Crippen molar-refractivity contribution in [2.24, 2.45) is 5.92 Å². The summed E-state index contributed by atoms with van der Waals surface area (Å²) in [4.78, 5) is 18.3. The van der Waals surface area contributed by atoms with Crippen LogP contribution in [0.3, 0.4) is 0 Å². The zero-order valence-corrected chi connectivity index (χ0v) is 11.8. The highest BCUT2D eigenvalue weighted by Gasteiger charge is 2.27. The van der Waals surface area contributed by atoms with E-state index in [0.29, 0.717) is 23.3 Å². The molecule has 5 heteroatoms. The fraction of sp³-hybridized carbons (Fsp3) is 0.667. The molecule has 2 rings (SSSR count). The van der Waals surface area contributed by atoms with Crippen molar-refractivity contribution >= 4 is 21.8 Å². The van der Waals surface area contributed by atoms with Gasteiger partial charge in [0.2, 0.25) is 5.76 Å². The summed E-state index contributed by atoms with van der Waals surface area (Å²) in [6.07, 6.45) is 2.25. The average Bonchev–Trinajstić information content (AvgIpc) is 2.67. The fourth-order valence-corrected chi connectivity index (χ4v) is 2.78. The minimum absolute atomic E-state index is 0.0197. The molecule has 1 saturated heterocycles. The lowest BCUT2D eigenvalue weighted by molar-refractivity contribution is 0.0651. The molecule has 1 unspecified atom stereocenters. The Hall–Kier alpha value is -0.840. The van der Waals surface area contributed by atoms with Crippen molar-refractivity contribution < 1.29 is 9.21 Å². The van der Waals surface area contributed by atoms with E-state index in [1.807, 2.05) is 11.8 Å². The van der Waals surface area contributed by atoms with E-state index in [9.17, 15) is 4.79 Å². The summed E-state index contributed by atoms with van der Waals surface area (Å²) in [5.74, 6) is 1.49. The Morgan fingerprint density at radius 3 is 2.94 bits per heavy atom. The lowest BCUT2D eigenvalue weighted by atomic mass is 10.00. The molecule has 0 spiro atoms. The van der Waals surface area contributed by atoms with Gasteiger partial charge in [-0.1, -0.05) is 15.9 Å². The van der Waals surface area contributed by atoms with E-state index in [2.05, 4.69) is 20.9 Å². The highest BCUT2D eigenvalue weighted by molar-refractivity contribution is 9.09. The highest BCUT2D eigenvalue weighted by atomic mass is 79.9. The number of aryl methyl sites for hydroxylation is 2. The van der Waals surface area contributed by atoms with E-state index < -0.39 is 0 Å². The van der Waals surface area contributed by atoms with Crippen LogP contribution < -0.4 is 0 Å². The minimum Gasteiger partial charge on any atom is -0.436 e. The first-order valence-electron chi connectivity index (χ1n) is 5.91. The summed E-state index contributed by atoms with van der Waals surface area (Å²) in [5.41, 5.74) is 0.688. The van der Waals surface area contributed by atoms with Crippen LogP contribution in [0.4, 0.5) is 0 Å². The maximum Gasteiger partial charge on any atom is 0.291 e. The Kier molecular flexibility index (Phi) is 3.86. The number of piperidine rings is 1. The van der Waals surface area contributed by atoms with Gasteiger partial charge in [0.05, 0.1) is 5.69 Å². The predicted molar refractivity (Wildman–Crippen MR) is 68.4 cm³/mol. The first-order valence-corrected chi connectivity index (χ1v) is 7.03. The summed E-state index contributed by atoms with van der Waals surface area (Å²) in [7, 11) is 0.